The van der Waals surface area contributed by atoms with Crippen LogP contribution in [0.3, 0.4) is 0 Å². The number of anilines is 1. The second kappa shape index (κ2) is 6.72. The third kappa shape index (κ3) is 3.61. The van der Waals surface area contributed by atoms with Crippen LogP contribution in [0.25, 0.3) is 0 Å². The molecule has 3 N–H and O–H groups in total. The third-order valence-corrected chi connectivity index (χ3v) is 3.92. The van der Waals surface area contributed by atoms with Gasteiger partial charge in [-0.2, -0.15) is 0 Å². The lowest BCUT2D eigenvalue weighted by atomic mass is 10.1. The third-order valence-electron chi connectivity index (χ3n) is 3.92. The van der Waals surface area contributed by atoms with Gasteiger partial charge < -0.3 is 16.0 Å². The molecule has 0 spiro atoms. The Morgan fingerprint density at radius 1 is 1.43 bits per heavy atom. The standard InChI is InChI=1S/C16H23N3O2/c1-11(10-17)16(21)18-12(2)13-5-3-6-14(9-13)19-8-4-7-15(19)20/h3,5-6,9,11-12H,4,7-8,10,17H2,1-2H3,(H,18,21). The lowest BCUT2D eigenvalue weighted by Gasteiger charge is -2.20. The normalized spacial score (nSPS) is 17.7. The number of benzene rings is 1. The average Bonchev–Trinajstić information content (AvgIpc) is 2.92. The smallest absolute Gasteiger partial charge is 0.227 e. The first-order chi connectivity index (χ1) is 10.0. The first-order valence-corrected chi connectivity index (χ1v) is 7.43. The van der Waals surface area contributed by atoms with E-state index in [9.17, 15) is 9.59 Å². The highest BCUT2D eigenvalue weighted by Gasteiger charge is 2.22. The van der Waals surface area contributed by atoms with E-state index in [1.807, 2.05) is 31.2 Å². The molecular weight excluding hydrogens is 266 g/mol. The molecule has 1 aliphatic heterocycles. The number of hydrogen-bond acceptors (Lipinski definition) is 3. The van der Waals surface area contributed by atoms with Crippen LogP contribution in [0.4, 0.5) is 5.69 Å². The van der Waals surface area contributed by atoms with Crippen molar-refractivity contribution in [2.45, 2.75) is 32.7 Å². The van der Waals surface area contributed by atoms with Crippen LogP contribution < -0.4 is 16.0 Å². The largest absolute Gasteiger partial charge is 0.349 e. The summed E-state index contributed by atoms with van der Waals surface area (Å²) in [6.07, 6.45) is 1.52. The number of hydrogen-bond donors (Lipinski definition) is 2. The molecule has 2 amide bonds. The maximum absolute atomic E-state index is 11.9. The maximum Gasteiger partial charge on any atom is 0.227 e. The van der Waals surface area contributed by atoms with E-state index in [1.165, 1.54) is 0 Å². The van der Waals surface area contributed by atoms with Gasteiger partial charge >= 0.3 is 0 Å². The molecule has 21 heavy (non-hydrogen) atoms. The van der Waals surface area contributed by atoms with Crippen LogP contribution in [0.2, 0.25) is 0 Å². The summed E-state index contributed by atoms with van der Waals surface area (Å²) in [4.78, 5) is 25.5. The SMILES string of the molecule is CC(CN)C(=O)NC(C)c1cccc(N2CCCC2=O)c1. The highest BCUT2D eigenvalue weighted by Crippen LogP contribution is 2.24. The molecule has 0 aliphatic carbocycles. The van der Waals surface area contributed by atoms with Gasteiger partial charge in [-0.3, -0.25) is 9.59 Å². The average molecular weight is 289 g/mol. The lowest BCUT2D eigenvalue weighted by Crippen LogP contribution is -2.35. The Morgan fingerprint density at radius 3 is 2.81 bits per heavy atom. The molecule has 5 heteroatoms. The molecule has 1 fully saturated rings. The fourth-order valence-electron chi connectivity index (χ4n) is 2.43. The van der Waals surface area contributed by atoms with E-state index >= 15 is 0 Å². The summed E-state index contributed by atoms with van der Waals surface area (Å²) in [6.45, 7) is 4.85. The summed E-state index contributed by atoms with van der Waals surface area (Å²) in [5.41, 5.74) is 7.40. The zero-order valence-corrected chi connectivity index (χ0v) is 12.6. The molecule has 2 unspecified atom stereocenters. The first kappa shape index (κ1) is 15.5. The summed E-state index contributed by atoms with van der Waals surface area (Å²) in [6, 6.07) is 7.68. The summed E-state index contributed by atoms with van der Waals surface area (Å²) < 4.78 is 0. The molecule has 5 nitrogen and oxygen atoms in total. The fraction of sp³-hybridized carbons (Fsp3) is 0.500. The lowest BCUT2D eigenvalue weighted by molar-refractivity contribution is -0.124. The van der Waals surface area contributed by atoms with Gasteiger partial charge in [0, 0.05) is 31.1 Å². The molecule has 2 atom stereocenters. The molecule has 0 aromatic heterocycles. The van der Waals surface area contributed by atoms with Gasteiger partial charge in [0.25, 0.3) is 0 Å². The number of rotatable bonds is 5. The second-order valence-electron chi connectivity index (χ2n) is 5.61. The number of carbonyl (C=O) groups excluding carboxylic acids is 2. The van der Waals surface area contributed by atoms with Gasteiger partial charge in [0.05, 0.1) is 6.04 Å². The molecule has 1 saturated heterocycles. The Kier molecular flexibility index (Phi) is 4.96. The van der Waals surface area contributed by atoms with Crippen molar-refractivity contribution in [3.63, 3.8) is 0 Å². The van der Waals surface area contributed by atoms with Crippen molar-refractivity contribution in [3.05, 3.63) is 29.8 Å². The van der Waals surface area contributed by atoms with Crippen molar-refractivity contribution in [3.8, 4) is 0 Å². The predicted octanol–water partition coefficient (Wildman–Crippen LogP) is 1.59. The van der Waals surface area contributed by atoms with Gasteiger partial charge in [0.1, 0.15) is 0 Å². The number of nitrogens with two attached hydrogens (primary N) is 1. The molecule has 0 bridgehead atoms. The topological polar surface area (TPSA) is 75.4 Å². The van der Waals surface area contributed by atoms with E-state index < -0.39 is 0 Å². The zero-order valence-electron chi connectivity index (χ0n) is 12.6. The summed E-state index contributed by atoms with van der Waals surface area (Å²) >= 11 is 0. The molecule has 1 aromatic rings. The van der Waals surface area contributed by atoms with Crippen LogP contribution in [0.1, 0.15) is 38.3 Å². The van der Waals surface area contributed by atoms with E-state index in [0.29, 0.717) is 13.0 Å². The molecule has 1 aromatic carbocycles. The number of amides is 2. The second-order valence-corrected chi connectivity index (χ2v) is 5.61. The Balaban J connectivity index is 2.09. The van der Waals surface area contributed by atoms with E-state index in [2.05, 4.69) is 5.32 Å². The zero-order chi connectivity index (χ0) is 15.4. The fourth-order valence-corrected chi connectivity index (χ4v) is 2.43. The van der Waals surface area contributed by atoms with Crippen LogP contribution >= 0.6 is 0 Å². The van der Waals surface area contributed by atoms with Gasteiger partial charge in [-0.25, -0.2) is 0 Å². The number of nitrogens with one attached hydrogen (secondary N) is 1. The molecule has 0 radical (unpaired) electrons. The van der Waals surface area contributed by atoms with Crippen LogP contribution in [0, 0.1) is 5.92 Å². The van der Waals surface area contributed by atoms with Crippen molar-refractivity contribution >= 4 is 17.5 Å². The van der Waals surface area contributed by atoms with Crippen molar-refractivity contribution < 1.29 is 9.59 Å². The molecule has 0 saturated carbocycles. The van der Waals surface area contributed by atoms with Crippen LogP contribution in [-0.2, 0) is 9.59 Å². The van der Waals surface area contributed by atoms with E-state index in [1.54, 1.807) is 11.8 Å². The van der Waals surface area contributed by atoms with Crippen LogP contribution in [-0.4, -0.2) is 24.9 Å². The predicted molar refractivity (Wildman–Crippen MR) is 82.8 cm³/mol. The van der Waals surface area contributed by atoms with E-state index in [0.717, 1.165) is 24.2 Å². The van der Waals surface area contributed by atoms with Crippen LogP contribution in [0.5, 0.6) is 0 Å². The van der Waals surface area contributed by atoms with E-state index in [-0.39, 0.29) is 23.8 Å². The van der Waals surface area contributed by atoms with Gasteiger partial charge in [-0.1, -0.05) is 19.1 Å². The summed E-state index contributed by atoms with van der Waals surface area (Å²) in [5, 5.41) is 2.95. The highest BCUT2D eigenvalue weighted by molar-refractivity contribution is 5.95. The molecule has 1 heterocycles. The van der Waals surface area contributed by atoms with E-state index in [4.69, 9.17) is 5.73 Å². The van der Waals surface area contributed by atoms with Gasteiger partial charge in [0.15, 0.2) is 0 Å². The maximum atomic E-state index is 11.9. The molecular formula is C16H23N3O2. The number of carbonyl (C=O) groups is 2. The number of nitrogens with zero attached hydrogens (tertiary/aromatic N) is 1. The van der Waals surface area contributed by atoms with Crippen LogP contribution in [0.15, 0.2) is 24.3 Å². The summed E-state index contributed by atoms with van der Waals surface area (Å²) in [5.74, 6) is -0.0796. The minimum atomic E-state index is -0.198. The minimum absolute atomic E-state index is 0.0485. The summed E-state index contributed by atoms with van der Waals surface area (Å²) in [7, 11) is 0. The Labute approximate surface area is 125 Å². The quantitative estimate of drug-likeness (QED) is 0.864. The Bertz CT molecular complexity index is 530. The highest BCUT2D eigenvalue weighted by atomic mass is 16.2. The minimum Gasteiger partial charge on any atom is -0.349 e. The van der Waals surface area contributed by atoms with Gasteiger partial charge in [0.2, 0.25) is 11.8 Å². The molecule has 2 rings (SSSR count). The van der Waals surface area contributed by atoms with Crippen molar-refractivity contribution in [2.24, 2.45) is 11.7 Å². The van der Waals surface area contributed by atoms with Crippen molar-refractivity contribution in [1.29, 1.82) is 0 Å². The van der Waals surface area contributed by atoms with Gasteiger partial charge in [-0.15, -0.1) is 0 Å². The molecule has 1 aliphatic rings. The van der Waals surface area contributed by atoms with Crippen molar-refractivity contribution in [2.75, 3.05) is 18.0 Å². The van der Waals surface area contributed by atoms with Crippen molar-refractivity contribution in [1.82, 2.24) is 5.32 Å². The Morgan fingerprint density at radius 2 is 2.19 bits per heavy atom. The van der Waals surface area contributed by atoms with Gasteiger partial charge in [-0.05, 0) is 31.0 Å². The Hall–Kier alpha value is -1.88. The monoisotopic (exact) mass is 289 g/mol. The first-order valence-electron chi connectivity index (χ1n) is 7.43. The molecule has 114 valence electrons.